The Hall–Kier alpha value is -0.220. The molecule has 12 heavy (non-hydrogen) atoms. The van der Waals surface area contributed by atoms with Gasteiger partial charge in [-0.05, 0) is 19.4 Å². The SMILES string of the molecule is FC1(F)COCC12CCCNC2. The van der Waals surface area contributed by atoms with E-state index in [9.17, 15) is 8.78 Å². The molecule has 0 bridgehead atoms. The van der Waals surface area contributed by atoms with Gasteiger partial charge in [-0.1, -0.05) is 0 Å². The van der Waals surface area contributed by atoms with Crippen LogP contribution >= 0.6 is 0 Å². The Morgan fingerprint density at radius 2 is 2.08 bits per heavy atom. The molecule has 2 aliphatic rings. The van der Waals surface area contributed by atoms with E-state index in [4.69, 9.17) is 4.74 Å². The second-order valence-electron chi connectivity index (χ2n) is 3.76. The van der Waals surface area contributed by atoms with Gasteiger partial charge in [0.25, 0.3) is 5.92 Å². The van der Waals surface area contributed by atoms with Gasteiger partial charge in [0.2, 0.25) is 0 Å². The first-order valence-electron chi connectivity index (χ1n) is 4.33. The smallest absolute Gasteiger partial charge is 0.279 e. The maximum Gasteiger partial charge on any atom is 0.279 e. The van der Waals surface area contributed by atoms with Gasteiger partial charge in [0, 0.05) is 6.54 Å². The van der Waals surface area contributed by atoms with E-state index in [1.165, 1.54) is 0 Å². The van der Waals surface area contributed by atoms with Gasteiger partial charge in [-0.2, -0.15) is 0 Å². The second-order valence-corrected chi connectivity index (χ2v) is 3.76. The summed E-state index contributed by atoms with van der Waals surface area (Å²) >= 11 is 0. The molecule has 1 unspecified atom stereocenters. The lowest BCUT2D eigenvalue weighted by Crippen LogP contribution is -2.50. The third-order valence-corrected chi connectivity index (χ3v) is 2.91. The highest BCUT2D eigenvalue weighted by atomic mass is 19.3. The first-order chi connectivity index (χ1) is 5.66. The van der Waals surface area contributed by atoms with E-state index in [1.807, 2.05) is 0 Å². The molecule has 2 rings (SSSR count). The monoisotopic (exact) mass is 177 g/mol. The van der Waals surface area contributed by atoms with Crippen LogP contribution in [0.5, 0.6) is 0 Å². The molecule has 0 aliphatic carbocycles. The standard InChI is InChI=1S/C8H13F2NO/c9-8(10)6-12-5-7(8)2-1-3-11-4-7/h11H,1-6H2. The van der Waals surface area contributed by atoms with Gasteiger partial charge in [0.05, 0.1) is 12.0 Å². The van der Waals surface area contributed by atoms with Gasteiger partial charge < -0.3 is 10.1 Å². The highest BCUT2D eigenvalue weighted by Crippen LogP contribution is 2.46. The normalized spacial score (nSPS) is 40.5. The van der Waals surface area contributed by atoms with Gasteiger partial charge in [-0.3, -0.25) is 0 Å². The summed E-state index contributed by atoms with van der Waals surface area (Å²) in [5.41, 5.74) is -0.898. The Kier molecular flexibility index (Phi) is 1.84. The number of hydrogen-bond acceptors (Lipinski definition) is 2. The van der Waals surface area contributed by atoms with Gasteiger partial charge >= 0.3 is 0 Å². The Bertz CT molecular complexity index is 178. The molecule has 0 saturated carbocycles. The molecule has 1 N–H and O–H groups in total. The molecular weight excluding hydrogens is 164 g/mol. The summed E-state index contributed by atoms with van der Waals surface area (Å²) in [6.45, 7) is 1.08. The molecule has 2 heterocycles. The van der Waals surface area contributed by atoms with Crippen molar-refractivity contribution in [3.63, 3.8) is 0 Å². The van der Waals surface area contributed by atoms with Crippen LogP contribution in [0.1, 0.15) is 12.8 Å². The lowest BCUT2D eigenvalue weighted by molar-refractivity contribution is -0.0951. The maximum absolute atomic E-state index is 13.3. The summed E-state index contributed by atoms with van der Waals surface area (Å²) in [6.07, 6.45) is 1.42. The molecule has 4 heteroatoms. The summed E-state index contributed by atoms with van der Waals surface area (Å²) in [4.78, 5) is 0. The van der Waals surface area contributed by atoms with E-state index in [2.05, 4.69) is 5.32 Å². The Morgan fingerprint density at radius 1 is 1.25 bits per heavy atom. The molecule has 1 spiro atoms. The van der Waals surface area contributed by atoms with Crippen LogP contribution in [-0.2, 0) is 4.74 Å². The van der Waals surface area contributed by atoms with Crippen molar-refractivity contribution in [3.05, 3.63) is 0 Å². The largest absolute Gasteiger partial charge is 0.374 e. The highest BCUT2D eigenvalue weighted by Gasteiger charge is 2.58. The number of halogens is 2. The fraction of sp³-hybridized carbons (Fsp3) is 1.00. The van der Waals surface area contributed by atoms with E-state index >= 15 is 0 Å². The Labute approximate surface area is 70.3 Å². The van der Waals surface area contributed by atoms with Crippen LogP contribution in [0.3, 0.4) is 0 Å². The van der Waals surface area contributed by atoms with Crippen molar-refractivity contribution in [1.29, 1.82) is 0 Å². The molecule has 2 nitrogen and oxygen atoms in total. The van der Waals surface area contributed by atoms with E-state index in [0.29, 0.717) is 13.0 Å². The van der Waals surface area contributed by atoms with Crippen molar-refractivity contribution in [2.75, 3.05) is 26.3 Å². The maximum atomic E-state index is 13.3. The van der Waals surface area contributed by atoms with Crippen molar-refractivity contribution < 1.29 is 13.5 Å². The zero-order valence-electron chi connectivity index (χ0n) is 6.91. The van der Waals surface area contributed by atoms with Gasteiger partial charge in [0.1, 0.15) is 6.61 Å². The van der Waals surface area contributed by atoms with Crippen LogP contribution in [0.4, 0.5) is 8.78 Å². The predicted molar refractivity (Wildman–Crippen MR) is 40.3 cm³/mol. The third kappa shape index (κ3) is 1.05. The number of hydrogen-bond donors (Lipinski definition) is 1. The molecule has 2 aliphatic heterocycles. The summed E-state index contributed by atoms with van der Waals surface area (Å²) in [6, 6.07) is 0. The van der Waals surface area contributed by atoms with Crippen LogP contribution < -0.4 is 5.32 Å². The van der Waals surface area contributed by atoms with Crippen LogP contribution in [0.15, 0.2) is 0 Å². The van der Waals surface area contributed by atoms with Crippen LogP contribution in [0.2, 0.25) is 0 Å². The quantitative estimate of drug-likeness (QED) is 0.596. The van der Waals surface area contributed by atoms with Crippen molar-refractivity contribution in [3.8, 4) is 0 Å². The number of nitrogens with one attached hydrogen (secondary N) is 1. The molecule has 70 valence electrons. The molecule has 0 aromatic carbocycles. The zero-order valence-corrected chi connectivity index (χ0v) is 6.91. The summed E-state index contributed by atoms with van der Waals surface area (Å²) in [5, 5.41) is 3.01. The fourth-order valence-electron chi connectivity index (χ4n) is 2.04. The van der Waals surface area contributed by atoms with Crippen molar-refractivity contribution in [1.82, 2.24) is 5.32 Å². The van der Waals surface area contributed by atoms with E-state index in [0.717, 1.165) is 13.0 Å². The minimum absolute atomic E-state index is 0.215. The van der Waals surface area contributed by atoms with Crippen molar-refractivity contribution >= 4 is 0 Å². The fourth-order valence-corrected chi connectivity index (χ4v) is 2.04. The molecule has 0 amide bonds. The van der Waals surface area contributed by atoms with E-state index < -0.39 is 17.9 Å². The number of ether oxygens (including phenoxy) is 1. The Morgan fingerprint density at radius 3 is 2.58 bits per heavy atom. The van der Waals surface area contributed by atoms with E-state index in [1.54, 1.807) is 0 Å². The van der Waals surface area contributed by atoms with Gasteiger partial charge in [-0.25, -0.2) is 8.78 Å². The molecule has 0 aromatic heterocycles. The highest BCUT2D eigenvalue weighted by molar-refractivity contribution is 5.00. The topological polar surface area (TPSA) is 21.3 Å². The lowest BCUT2D eigenvalue weighted by Gasteiger charge is -2.36. The molecule has 0 aromatic rings. The number of rotatable bonds is 0. The first kappa shape index (κ1) is 8.38. The zero-order chi connectivity index (χ0) is 8.66. The molecule has 2 fully saturated rings. The summed E-state index contributed by atoms with van der Waals surface area (Å²) in [7, 11) is 0. The summed E-state index contributed by atoms with van der Waals surface area (Å²) < 4.78 is 31.5. The number of alkyl halides is 2. The van der Waals surface area contributed by atoms with Crippen LogP contribution in [0, 0.1) is 5.41 Å². The van der Waals surface area contributed by atoms with Gasteiger partial charge in [-0.15, -0.1) is 0 Å². The predicted octanol–water partition coefficient (Wildman–Crippen LogP) is 1.02. The van der Waals surface area contributed by atoms with Gasteiger partial charge in [0.15, 0.2) is 0 Å². The molecule has 1 atom stereocenters. The summed E-state index contributed by atoms with van der Waals surface area (Å²) in [5.74, 6) is -2.62. The minimum Gasteiger partial charge on any atom is -0.374 e. The minimum atomic E-state index is -2.62. The Balaban J connectivity index is 2.17. The third-order valence-electron chi connectivity index (χ3n) is 2.91. The average Bonchev–Trinajstić information content (AvgIpc) is 2.30. The average molecular weight is 177 g/mol. The second kappa shape index (κ2) is 2.64. The lowest BCUT2D eigenvalue weighted by atomic mass is 9.77. The molecule has 2 saturated heterocycles. The van der Waals surface area contributed by atoms with Crippen LogP contribution in [0.25, 0.3) is 0 Å². The number of piperidine rings is 1. The van der Waals surface area contributed by atoms with Crippen molar-refractivity contribution in [2.24, 2.45) is 5.41 Å². The van der Waals surface area contributed by atoms with Crippen molar-refractivity contribution in [2.45, 2.75) is 18.8 Å². The van der Waals surface area contributed by atoms with Crippen LogP contribution in [-0.4, -0.2) is 32.2 Å². The van der Waals surface area contributed by atoms with E-state index in [-0.39, 0.29) is 6.61 Å². The first-order valence-corrected chi connectivity index (χ1v) is 4.33. The molecular formula is C8H13F2NO. The molecule has 0 radical (unpaired) electrons.